The lowest BCUT2D eigenvalue weighted by Crippen LogP contribution is -2.15. The summed E-state index contributed by atoms with van der Waals surface area (Å²) in [7, 11) is 0. The highest BCUT2D eigenvalue weighted by molar-refractivity contribution is 7.80. The van der Waals surface area contributed by atoms with E-state index in [0.717, 1.165) is 5.56 Å². The lowest BCUT2D eigenvalue weighted by molar-refractivity contribution is 0.0994. The number of aromatic hydroxyl groups is 1. The molecule has 0 aliphatic rings. The summed E-state index contributed by atoms with van der Waals surface area (Å²) in [5, 5.41) is 9.74. The summed E-state index contributed by atoms with van der Waals surface area (Å²) < 4.78 is 5.30. The third-order valence-corrected chi connectivity index (χ3v) is 2.72. The highest BCUT2D eigenvalue weighted by atomic mass is 32.1. The number of nitrogens with one attached hydrogen (secondary N) is 1. The predicted molar refractivity (Wildman–Crippen MR) is 72.3 cm³/mol. The standard InChI is InChI=1S/C12H11N3O3S/c1-6-2-3-8(16)7(4-6)12(19)18-11-9(10(13)17)14-5-15-11/h2-5,16H,1H3,(H2,13,17)(H,14,15). The Balaban J connectivity index is 2.28. The smallest absolute Gasteiger partial charge is 0.270 e. The SMILES string of the molecule is Cc1ccc(O)c(C(=S)Oc2nc[nH]c2C(N)=O)c1. The molecule has 0 unspecified atom stereocenters. The molecular weight excluding hydrogens is 266 g/mol. The van der Waals surface area contributed by atoms with Gasteiger partial charge in [0.05, 0.1) is 11.9 Å². The van der Waals surface area contributed by atoms with Crippen LogP contribution in [0.25, 0.3) is 0 Å². The van der Waals surface area contributed by atoms with Crippen molar-refractivity contribution in [2.75, 3.05) is 0 Å². The van der Waals surface area contributed by atoms with Crippen LogP contribution in [0.3, 0.4) is 0 Å². The zero-order valence-electron chi connectivity index (χ0n) is 10.0. The Morgan fingerprint density at radius 3 is 2.95 bits per heavy atom. The molecule has 0 radical (unpaired) electrons. The Hall–Kier alpha value is -2.41. The first-order valence-electron chi connectivity index (χ1n) is 5.34. The maximum Gasteiger partial charge on any atom is 0.270 e. The number of H-pyrrole nitrogens is 1. The molecule has 6 nitrogen and oxygen atoms in total. The Morgan fingerprint density at radius 2 is 2.26 bits per heavy atom. The third kappa shape index (κ3) is 2.71. The fraction of sp³-hybridized carbons (Fsp3) is 0.0833. The molecule has 2 aromatic rings. The number of primary amides is 1. The molecule has 1 aromatic carbocycles. The van der Waals surface area contributed by atoms with E-state index >= 15 is 0 Å². The number of aromatic amines is 1. The van der Waals surface area contributed by atoms with Gasteiger partial charge in [0.15, 0.2) is 5.69 Å². The number of imidazole rings is 1. The van der Waals surface area contributed by atoms with Crippen molar-refractivity contribution in [1.82, 2.24) is 9.97 Å². The number of carbonyl (C=O) groups excluding carboxylic acids is 1. The third-order valence-electron chi connectivity index (χ3n) is 2.41. The molecule has 0 fully saturated rings. The van der Waals surface area contributed by atoms with Crippen LogP contribution in [0.1, 0.15) is 21.6 Å². The molecule has 1 heterocycles. The molecule has 0 aliphatic heterocycles. The van der Waals surface area contributed by atoms with Gasteiger partial charge in [0, 0.05) is 0 Å². The van der Waals surface area contributed by atoms with Crippen molar-refractivity contribution < 1.29 is 14.6 Å². The van der Waals surface area contributed by atoms with E-state index in [9.17, 15) is 9.90 Å². The number of aryl methyl sites for hydroxylation is 1. The van der Waals surface area contributed by atoms with Crippen LogP contribution in [0.5, 0.6) is 11.6 Å². The average Bonchev–Trinajstić information content (AvgIpc) is 2.80. The zero-order chi connectivity index (χ0) is 14.0. The Bertz CT molecular complexity index is 651. The molecule has 0 saturated heterocycles. The number of carbonyl (C=O) groups is 1. The number of nitrogens with zero attached hydrogens (tertiary/aromatic N) is 1. The summed E-state index contributed by atoms with van der Waals surface area (Å²) in [6, 6.07) is 4.93. The largest absolute Gasteiger partial charge is 0.507 e. The number of rotatable bonds is 3. The normalized spacial score (nSPS) is 10.2. The van der Waals surface area contributed by atoms with Gasteiger partial charge in [-0.3, -0.25) is 4.79 Å². The first kappa shape index (κ1) is 13.0. The van der Waals surface area contributed by atoms with Crippen LogP contribution in [0, 0.1) is 6.92 Å². The van der Waals surface area contributed by atoms with E-state index < -0.39 is 5.91 Å². The molecule has 2 rings (SSSR count). The summed E-state index contributed by atoms with van der Waals surface area (Å²) in [4.78, 5) is 17.5. The molecule has 4 N–H and O–H groups in total. The summed E-state index contributed by atoms with van der Waals surface area (Å²) in [6.45, 7) is 1.86. The van der Waals surface area contributed by atoms with Crippen molar-refractivity contribution in [3.05, 3.63) is 41.3 Å². The maximum absolute atomic E-state index is 11.1. The van der Waals surface area contributed by atoms with E-state index in [1.54, 1.807) is 12.1 Å². The first-order valence-corrected chi connectivity index (χ1v) is 5.75. The van der Waals surface area contributed by atoms with Crippen molar-refractivity contribution in [1.29, 1.82) is 0 Å². The van der Waals surface area contributed by atoms with Crippen molar-refractivity contribution in [3.63, 3.8) is 0 Å². The lowest BCUT2D eigenvalue weighted by Gasteiger charge is -2.08. The highest BCUT2D eigenvalue weighted by Gasteiger charge is 2.17. The van der Waals surface area contributed by atoms with Crippen molar-refractivity contribution in [3.8, 4) is 11.6 Å². The Kier molecular flexibility index (Phi) is 3.48. The molecule has 0 aliphatic carbocycles. The van der Waals surface area contributed by atoms with Crippen LogP contribution < -0.4 is 10.5 Å². The molecular formula is C12H11N3O3S. The van der Waals surface area contributed by atoms with E-state index in [-0.39, 0.29) is 22.4 Å². The van der Waals surface area contributed by atoms with Crippen molar-refractivity contribution in [2.24, 2.45) is 5.73 Å². The summed E-state index contributed by atoms with van der Waals surface area (Å²) in [5.41, 5.74) is 6.44. The number of amides is 1. The van der Waals surface area contributed by atoms with Gasteiger partial charge in [0.25, 0.3) is 11.8 Å². The fourth-order valence-electron chi connectivity index (χ4n) is 1.49. The molecule has 0 atom stereocenters. The molecule has 19 heavy (non-hydrogen) atoms. The van der Waals surface area contributed by atoms with Gasteiger partial charge in [-0.05, 0) is 31.3 Å². The van der Waals surface area contributed by atoms with E-state index in [1.165, 1.54) is 12.4 Å². The van der Waals surface area contributed by atoms with Crippen LogP contribution in [-0.2, 0) is 0 Å². The number of benzene rings is 1. The topological polar surface area (TPSA) is 101 Å². The second-order valence-electron chi connectivity index (χ2n) is 3.86. The van der Waals surface area contributed by atoms with Gasteiger partial charge in [0.1, 0.15) is 5.75 Å². The molecule has 98 valence electrons. The van der Waals surface area contributed by atoms with Crippen LogP contribution >= 0.6 is 12.2 Å². The molecule has 1 aromatic heterocycles. The minimum atomic E-state index is -0.705. The first-order chi connectivity index (χ1) is 8.99. The Morgan fingerprint density at radius 1 is 1.53 bits per heavy atom. The zero-order valence-corrected chi connectivity index (χ0v) is 10.8. The van der Waals surface area contributed by atoms with Crippen LogP contribution in [0.15, 0.2) is 24.5 Å². The summed E-state index contributed by atoms with van der Waals surface area (Å²) in [5.74, 6) is -0.728. The molecule has 0 saturated carbocycles. The average molecular weight is 277 g/mol. The second-order valence-corrected chi connectivity index (χ2v) is 4.23. The molecule has 0 spiro atoms. The number of ether oxygens (including phenoxy) is 1. The maximum atomic E-state index is 11.1. The lowest BCUT2D eigenvalue weighted by atomic mass is 10.1. The number of hydrogen-bond donors (Lipinski definition) is 3. The van der Waals surface area contributed by atoms with Crippen molar-refractivity contribution in [2.45, 2.75) is 6.92 Å². The van der Waals surface area contributed by atoms with Crippen molar-refractivity contribution >= 4 is 23.2 Å². The van der Waals surface area contributed by atoms with Gasteiger partial charge in [-0.25, -0.2) is 4.98 Å². The minimum Gasteiger partial charge on any atom is -0.507 e. The fourth-order valence-corrected chi connectivity index (χ4v) is 1.73. The molecule has 1 amide bonds. The number of nitrogens with two attached hydrogens (primary N) is 1. The second kappa shape index (κ2) is 5.07. The molecule has 7 heteroatoms. The summed E-state index contributed by atoms with van der Waals surface area (Å²) >= 11 is 5.07. The van der Waals surface area contributed by atoms with E-state index in [4.69, 9.17) is 22.7 Å². The quantitative estimate of drug-likeness (QED) is 0.733. The minimum absolute atomic E-state index is 0.00763. The summed E-state index contributed by atoms with van der Waals surface area (Å²) in [6.07, 6.45) is 1.27. The van der Waals surface area contributed by atoms with Crippen LogP contribution in [0.2, 0.25) is 0 Å². The molecule has 0 bridgehead atoms. The number of hydrogen-bond acceptors (Lipinski definition) is 5. The monoisotopic (exact) mass is 277 g/mol. The van der Waals surface area contributed by atoms with E-state index in [0.29, 0.717) is 5.56 Å². The van der Waals surface area contributed by atoms with Gasteiger partial charge < -0.3 is 20.6 Å². The van der Waals surface area contributed by atoms with Crippen LogP contribution in [0.4, 0.5) is 0 Å². The van der Waals surface area contributed by atoms with Gasteiger partial charge in [-0.2, -0.15) is 0 Å². The van der Waals surface area contributed by atoms with Gasteiger partial charge >= 0.3 is 0 Å². The van der Waals surface area contributed by atoms with E-state index in [2.05, 4.69) is 9.97 Å². The number of aromatic nitrogens is 2. The number of phenolic OH excluding ortho intramolecular Hbond substituents is 1. The predicted octanol–water partition coefficient (Wildman–Crippen LogP) is 1.28. The van der Waals surface area contributed by atoms with Crippen LogP contribution in [-0.4, -0.2) is 26.0 Å². The van der Waals surface area contributed by atoms with Gasteiger partial charge in [0.2, 0.25) is 5.05 Å². The van der Waals surface area contributed by atoms with Gasteiger partial charge in [-0.15, -0.1) is 0 Å². The number of thiocarbonyl (C=S) groups is 1. The highest BCUT2D eigenvalue weighted by Crippen LogP contribution is 2.22. The Labute approximate surface area is 114 Å². The number of phenols is 1. The van der Waals surface area contributed by atoms with E-state index in [1.807, 2.05) is 6.92 Å². The van der Waals surface area contributed by atoms with Gasteiger partial charge in [-0.1, -0.05) is 11.6 Å².